The normalized spacial score (nSPS) is 10.8. The number of pyridine rings is 1. The number of benzene rings is 1. The molecule has 0 fully saturated rings. The van der Waals surface area contributed by atoms with Crippen LogP contribution >= 0.6 is 0 Å². The second kappa shape index (κ2) is 5.12. The Kier molecular flexibility index (Phi) is 3.16. The van der Waals surface area contributed by atoms with E-state index in [9.17, 15) is 0 Å². The predicted molar refractivity (Wildman–Crippen MR) is 76.9 cm³/mol. The van der Waals surface area contributed by atoms with E-state index in [1.807, 2.05) is 28.8 Å². The molecule has 1 aromatic carbocycles. The SMILES string of the molecule is NCc1ccc(CNc2cccc3nccn23)cc1. The van der Waals surface area contributed by atoms with Crippen LogP contribution in [0.1, 0.15) is 11.1 Å². The van der Waals surface area contributed by atoms with Crippen molar-refractivity contribution in [2.45, 2.75) is 13.1 Å². The van der Waals surface area contributed by atoms with Gasteiger partial charge in [-0.2, -0.15) is 0 Å². The lowest BCUT2D eigenvalue weighted by Gasteiger charge is -2.09. The van der Waals surface area contributed by atoms with Crippen molar-refractivity contribution in [1.82, 2.24) is 9.38 Å². The highest BCUT2D eigenvalue weighted by molar-refractivity contribution is 5.50. The zero-order valence-electron chi connectivity index (χ0n) is 10.6. The highest BCUT2D eigenvalue weighted by Crippen LogP contribution is 2.12. The van der Waals surface area contributed by atoms with Crippen LogP contribution in [-0.4, -0.2) is 9.38 Å². The number of nitrogens with one attached hydrogen (secondary N) is 1. The molecule has 3 N–H and O–H groups in total. The Morgan fingerprint density at radius 1 is 1.05 bits per heavy atom. The van der Waals surface area contributed by atoms with Crippen LogP contribution in [0.5, 0.6) is 0 Å². The van der Waals surface area contributed by atoms with E-state index in [4.69, 9.17) is 5.73 Å². The highest BCUT2D eigenvalue weighted by Gasteiger charge is 2.00. The third kappa shape index (κ3) is 2.44. The van der Waals surface area contributed by atoms with E-state index in [-0.39, 0.29) is 0 Å². The Bertz CT molecular complexity index is 670. The summed E-state index contributed by atoms with van der Waals surface area (Å²) in [7, 11) is 0. The molecule has 19 heavy (non-hydrogen) atoms. The molecular weight excluding hydrogens is 236 g/mol. The van der Waals surface area contributed by atoms with Crippen molar-refractivity contribution in [3.8, 4) is 0 Å². The van der Waals surface area contributed by atoms with Crippen molar-refractivity contribution in [1.29, 1.82) is 0 Å². The van der Waals surface area contributed by atoms with Crippen LogP contribution in [0.2, 0.25) is 0 Å². The summed E-state index contributed by atoms with van der Waals surface area (Å²) in [5.41, 5.74) is 8.92. The molecule has 0 aliphatic heterocycles. The molecule has 0 aliphatic carbocycles. The minimum atomic E-state index is 0.585. The maximum absolute atomic E-state index is 5.59. The van der Waals surface area contributed by atoms with Crippen molar-refractivity contribution >= 4 is 11.5 Å². The first kappa shape index (κ1) is 11.7. The fraction of sp³-hybridized carbons (Fsp3) is 0.133. The summed E-state index contributed by atoms with van der Waals surface area (Å²) in [6, 6.07) is 14.4. The Hall–Kier alpha value is -2.33. The highest BCUT2D eigenvalue weighted by atomic mass is 15.1. The molecule has 3 aromatic rings. The van der Waals surface area contributed by atoms with Crippen LogP contribution in [0.25, 0.3) is 5.65 Å². The van der Waals surface area contributed by atoms with Gasteiger partial charge < -0.3 is 11.1 Å². The van der Waals surface area contributed by atoms with Crippen molar-refractivity contribution in [2.75, 3.05) is 5.32 Å². The number of nitrogens with two attached hydrogens (primary N) is 1. The van der Waals surface area contributed by atoms with Crippen LogP contribution in [0.4, 0.5) is 5.82 Å². The molecule has 3 rings (SSSR count). The van der Waals surface area contributed by atoms with Crippen molar-refractivity contribution in [3.05, 3.63) is 66.0 Å². The van der Waals surface area contributed by atoms with E-state index in [0.717, 1.165) is 23.6 Å². The first-order valence-corrected chi connectivity index (χ1v) is 6.30. The summed E-state index contributed by atoms with van der Waals surface area (Å²) >= 11 is 0. The molecular formula is C15H16N4. The van der Waals surface area contributed by atoms with Gasteiger partial charge in [-0.3, -0.25) is 4.40 Å². The molecule has 4 nitrogen and oxygen atoms in total. The summed E-state index contributed by atoms with van der Waals surface area (Å²) in [6.45, 7) is 1.37. The number of nitrogens with zero attached hydrogens (tertiary/aromatic N) is 2. The topological polar surface area (TPSA) is 55.3 Å². The molecule has 0 saturated heterocycles. The smallest absolute Gasteiger partial charge is 0.138 e. The molecule has 0 aliphatic rings. The maximum atomic E-state index is 5.59. The minimum absolute atomic E-state index is 0.585. The van der Waals surface area contributed by atoms with Gasteiger partial charge in [-0.05, 0) is 23.3 Å². The van der Waals surface area contributed by atoms with Gasteiger partial charge in [0, 0.05) is 25.5 Å². The molecule has 2 aromatic heterocycles. The second-order valence-electron chi connectivity index (χ2n) is 4.44. The van der Waals surface area contributed by atoms with Gasteiger partial charge in [-0.15, -0.1) is 0 Å². The van der Waals surface area contributed by atoms with E-state index >= 15 is 0 Å². The zero-order valence-corrected chi connectivity index (χ0v) is 10.6. The number of anilines is 1. The van der Waals surface area contributed by atoms with E-state index < -0.39 is 0 Å². The molecule has 0 saturated carbocycles. The molecule has 2 heterocycles. The fourth-order valence-corrected chi connectivity index (χ4v) is 2.08. The number of fused-ring (bicyclic) bond motifs is 1. The Morgan fingerprint density at radius 2 is 1.84 bits per heavy atom. The van der Waals surface area contributed by atoms with Gasteiger partial charge >= 0.3 is 0 Å². The quantitative estimate of drug-likeness (QED) is 0.749. The lowest BCUT2D eigenvalue weighted by Crippen LogP contribution is -2.04. The predicted octanol–water partition coefficient (Wildman–Crippen LogP) is 2.41. The number of imidazole rings is 1. The van der Waals surface area contributed by atoms with Gasteiger partial charge in [0.05, 0.1) is 0 Å². The molecule has 96 valence electrons. The summed E-state index contributed by atoms with van der Waals surface area (Å²) in [4.78, 5) is 4.27. The number of hydrogen-bond donors (Lipinski definition) is 2. The largest absolute Gasteiger partial charge is 0.367 e. The van der Waals surface area contributed by atoms with Crippen LogP contribution < -0.4 is 11.1 Å². The summed E-state index contributed by atoms with van der Waals surface area (Å²) < 4.78 is 2.04. The van der Waals surface area contributed by atoms with Gasteiger partial charge in [0.25, 0.3) is 0 Å². The van der Waals surface area contributed by atoms with E-state index in [0.29, 0.717) is 6.54 Å². The van der Waals surface area contributed by atoms with Gasteiger partial charge in [0.2, 0.25) is 0 Å². The van der Waals surface area contributed by atoms with Gasteiger partial charge in [-0.25, -0.2) is 4.98 Å². The first-order chi connectivity index (χ1) is 9.36. The maximum Gasteiger partial charge on any atom is 0.138 e. The van der Waals surface area contributed by atoms with Gasteiger partial charge in [0.15, 0.2) is 0 Å². The van der Waals surface area contributed by atoms with Crippen LogP contribution in [0.3, 0.4) is 0 Å². The lowest BCUT2D eigenvalue weighted by molar-refractivity contribution is 1.05. The molecule has 0 atom stereocenters. The molecule has 0 unspecified atom stereocenters. The number of rotatable bonds is 4. The third-order valence-corrected chi connectivity index (χ3v) is 3.16. The lowest BCUT2D eigenvalue weighted by atomic mass is 10.1. The fourth-order valence-electron chi connectivity index (χ4n) is 2.08. The van der Waals surface area contributed by atoms with Crippen LogP contribution in [0, 0.1) is 0 Å². The molecule has 0 radical (unpaired) electrons. The van der Waals surface area contributed by atoms with Crippen LogP contribution in [0.15, 0.2) is 54.9 Å². The molecule has 0 amide bonds. The molecule has 0 bridgehead atoms. The van der Waals surface area contributed by atoms with Crippen molar-refractivity contribution in [3.63, 3.8) is 0 Å². The number of aromatic nitrogens is 2. The van der Waals surface area contributed by atoms with E-state index in [1.165, 1.54) is 5.56 Å². The van der Waals surface area contributed by atoms with E-state index in [2.05, 4.69) is 34.6 Å². The standard InChI is InChI=1S/C15H16N4/c16-10-12-4-6-13(7-5-12)11-18-15-3-1-2-14-17-8-9-19(14)15/h1-9,18H,10-11,16H2. The average Bonchev–Trinajstić information content (AvgIpc) is 2.94. The van der Waals surface area contributed by atoms with E-state index in [1.54, 1.807) is 6.20 Å². The monoisotopic (exact) mass is 252 g/mol. The van der Waals surface area contributed by atoms with Crippen molar-refractivity contribution < 1.29 is 0 Å². The summed E-state index contributed by atoms with van der Waals surface area (Å²) in [5, 5.41) is 3.42. The third-order valence-electron chi connectivity index (χ3n) is 3.16. The first-order valence-electron chi connectivity index (χ1n) is 6.30. The summed E-state index contributed by atoms with van der Waals surface area (Å²) in [5.74, 6) is 1.04. The Morgan fingerprint density at radius 3 is 2.63 bits per heavy atom. The van der Waals surface area contributed by atoms with Crippen molar-refractivity contribution in [2.24, 2.45) is 5.73 Å². The second-order valence-corrected chi connectivity index (χ2v) is 4.44. The Labute approximate surface area is 111 Å². The zero-order chi connectivity index (χ0) is 13.1. The minimum Gasteiger partial charge on any atom is -0.367 e. The van der Waals surface area contributed by atoms with Gasteiger partial charge in [0.1, 0.15) is 11.5 Å². The average molecular weight is 252 g/mol. The van der Waals surface area contributed by atoms with Crippen LogP contribution in [-0.2, 0) is 13.1 Å². The molecule has 0 spiro atoms. The summed E-state index contributed by atoms with van der Waals surface area (Å²) in [6.07, 6.45) is 3.76. The Balaban J connectivity index is 1.76. The van der Waals surface area contributed by atoms with Gasteiger partial charge in [-0.1, -0.05) is 30.3 Å². The molecule has 4 heteroatoms. The number of hydrogen-bond acceptors (Lipinski definition) is 3.